The van der Waals surface area contributed by atoms with Crippen LogP contribution in [-0.2, 0) is 24.4 Å². The van der Waals surface area contributed by atoms with E-state index in [1.54, 1.807) is 13.0 Å². The van der Waals surface area contributed by atoms with Gasteiger partial charge >= 0.3 is 6.03 Å². The average Bonchev–Trinajstić information content (AvgIpc) is 2.69. The monoisotopic (exact) mass is 371 g/mol. The zero-order valence-electron chi connectivity index (χ0n) is 15.6. The van der Waals surface area contributed by atoms with Gasteiger partial charge in [-0.3, -0.25) is 4.90 Å². The third-order valence-corrected chi connectivity index (χ3v) is 4.68. The summed E-state index contributed by atoms with van der Waals surface area (Å²) in [6, 6.07) is 13.0. The summed E-state index contributed by atoms with van der Waals surface area (Å²) in [4.78, 5) is 14.3. The Morgan fingerprint density at radius 1 is 1.00 bits per heavy atom. The number of aryl methyl sites for hydroxylation is 1. The maximum Gasteiger partial charge on any atom is 0.315 e. The molecule has 5 nitrogen and oxygen atoms in total. The van der Waals surface area contributed by atoms with Gasteiger partial charge in [0.15, 0.2) is 0 Å². The van der Waals surface area contributed by atoms with E-state index < -0.39 is 0 Å². The Kier molecular flexibility index (Phi) is 6.79. The molecular weight excluding hydrogens is 345 g/mol. The van der Waals surface area contributed by atoms with Gasteiger partial charge < -0.3 is 15.4 Å². The molecule has 0 saturated carbocycles. The van der Waals surface area contributed by atoms with Crippen molar-refractivity contribution in [3.05, 3.63) is 70.5 Å². The molecule has 144 valence electrons. The lowest BCUT2D eigenvalue weighted by atomic mass is 10.1. The highest BCUT2D eigenvalue weighted by molar-refractivity contribution is 5.73. The minimum Gasteiger partial charge on any atom is -0.379 e. The fourth-order valence-electron chi connectivity index (χ4n) is 2.95. The summed E-state index contributed by atoms with van der Waals surface area (Å²) in [5.41, 5.74) is 3.63. The summed E-state index contributed by atoms with van der Waals surface area (Å²) < 4.78 is 18.9. The van der Waals surface area contributed by atoms with E-state index in [1.807, 2.05) is 18.2 Å². The Bertz CT molecular complexity index is 759. The van der Waals surface area contributed by atoms with Crippen LogP contribution in [0, 0.1) is 12.7 Å². The predicted octanol–water partition coefficient (Wildman–Crippen LogP) is 2.97. The topological polar surface area (TPSA) is 53.6 Å². The molecule has 3 rings (SSSR count). The summed E-state index contributed by atoms with van der Waals surface area (Å²) in [6.45, 7) is 6.91. The number of nitrogens with zero attached hydrogens (tertiary/aromatic N) is 1. The van der Waals surface area contributed by atoms with Crippen molar-refractivity contribution in [3.63, 3.8) is 0 Å². The number of amides is 2. The van der Waals surface area contributed by atoms with Crippen LogP contribution in [0.2, 0.25) is 0 Å². The molecule has 0 unspecified atom stereocenters. The molecule has 1 fully saturated rings. The van der Waals surface area contributed by atoms with Crippen LogP contribution < -0.4 is 10.6 Å². The van der Waals surface area contributed by atoms with Crippen LogP contribution in [0.1, 0.15) is 22.3 Å². The first-order valence-electron chi connectivity index (χ1n) is 9.25. The number of benzene rings is 2. The van der Waals surface area contributed by atoms with Gasteiger partial charge in [-0.2, -0.15) is 0 Å². The molecule has 2 aromatic carbocycles. The minimum absolute atomic E-state index is 0.258. The SMILES string of the molecule is Cc1ccc(CNC(=O)NCc2ccc(CN3CCOCC3)cc2)cc1F. The predicted molar refractivity (Wildman–Crippen MR) is 103 cm³/mol. The van der Waals surface area contributed by atoms with Crippen molar-refractivity contribution in [2.45, 2.75) is 26.6 Å². The van der Waals surface area contributed by atoms with Crippen LogP contribution in [0.4, 0.5) is 9.18 Å². The van der Waals surface area contributed by atoms with Gasteiger partial charge in [-0.05, 0) is 35.2 Å². The molecule has 0 radical (unpaired) electrons. The zero-order chi connectivity index (χ0) is 19.1. The number of morpholine rings is 1. The number of hydrogen-bond acceptors (Lipinski definition) is 3. The Hall–Kier alpha value is -2.44. The highest BCUT2D eigenvalue weighted by atomic mass is 19.1. The molecule has 1 aliphatic rings. The van der Waals surface area contributed by atoms with Crippen LogP contribution in [-0.4, -0.2) is 37.2 Å². The number of rotatable bonds is 6. The Balaban J connectivity index is 1.41. The third kappa shape index (κ3) is 6.05. The van der Waals surface area contributed by atoms with Gasteiger partial charge in [0.1, 0.15) is 5.82 Å². The molecule has 1 aliphatic heterocycles. The molecule has 1 heterocycles. The third-order valence-electron chi connectivity index (χ3n) is 4.68. The summed E-state index contributed by atoms with van der Waals surface area (Å²) in [7, 11) is 0. The normalized spacial score (nSPS) is 14.7. The van der Waals surface area contributed by atoms with Crippen LogP contribution >= 0.6 is 0 Å². The first kappa shape index (κ1) is 19.3. The van der Waals surface area contributed by atoms with Crippen LogP contribution in [0.25, 0.3) is 0 Å². The van der Waals surface area contributed by atoms with Crippen molar-refractivity contribution in [1.82, 2.24) is 15.5 Å². The number of carbonyl (C=O) groups excluding carboxylic acids is 1. The fourth-order valence-corrected chi connectivity index (χ4v) is 2.95. The Labute approximate surface area is 159 Å². The highest BCUT2D eigenvalue weighted by Gasteiger charge is 2.10. The van der Waals surface area contributed by atoms with Crippen molar-refractivity contribution >= 4 is 6.03 Å². The summed E-state index contributed by atoms with van der Waals surface area (Å²) in [5, 5.41) is 5.57. The van der Waals surface area contributed by atoms with Gasteiger partial charge in [-0.25, -0.2) is 9.18 Å². The molecule has 0 aromatic heterocycles. The lowest BCUT2D eigenvalue weighted by Gasteiger charge is -2.26. The summed E-state index contributed by atoms with van der Waals surface area (Å²) >= 11 is 0. The number of carbonyl (C=O) groups is 1. The second kappa shape index (κ2) is 9.48. The smallest absolute Gasteiger partial charge is 0.315 e. The van der Waals surface area contributed by atoms with Crippen molar-refractivity contribution in [2.75, 3.05) is 26.3 Å². The van der Waals surface area contributed by atoms with Gasteiger partial charge in [-0.1, -0.05) is 36.4 Å². The van der Waals surface area contributed by atoms with E-state index in [2.05, 4.69) is 27.7 Å². The second-order valence-corrected chi connectivity index (χ2v) is 6.82. The quantitative estimate of drug-likeness (QED) is 0.821. The maximum absolute atomic E-state index is 13.5. The van der Waals surface area contributed by atoms with Crippen molar-refractivity contribution in [3.8, 4) is 0 Å². The van der Waals surface area contributed by atoms with Gasteiger partial charge in [0, 0.05) is 32.7 Å². The Morgan fingerprint density at radius 3 is 2.26 bits per heavy atom. The van der Waals surface area contributed by atoms with Crippen LogP contribution in [0.3, 0.4) is 0 Å². The molecular formula is C21H26FN3O2. The van der Waals surface area contributed by atoms with Crippen molar-refractivity contribution < 1.29 is 13.9 Å². The number of hydrogen-bond donors (Lipinski definition) is 2. The minimum atomic E-state index is -0.270. The van der Waals surface area contributed by atoms with Crippen LogP contribution in [0.5, 0.6) is 0 Å². The molecule has 0 bridgehead atoms. The van der Waals surface area contributed by atoms with Gasteiger partial charge in [0.2, 0.25) is 0 Å². The highest BCUT2D eigenvalue weighted by Crippen LogP contribution is 2.10. The molecule has 27 heavy (non-hydrogen) atoms. The molecule has 0 aliphatic carbocycles. The van der Waals surface area contributed by atoms with Crippen molar-refractivity contribution in [2.24, 2.45) is 0 Å². The fraction of sp³-hybridized carbons (Fsp3) is 0.381. The number of halogens is 1. The van der Waals surface area contributed by atoms with Gasteiger partial charge in [0.25, 0.3) is 0 Å². The maximum atomic E-state index is 13.5. The lowest BCUT2D eigenvalue weighted by molar-refractivity contribution is 0.0342. The van der Waals surface area contributed by atoms with E-state index in [0.29, 0.717) is 18.7 Å². The van der Waals surface area contributed by atoms with E-state index in [1.165, 1.54) is 11.6 Å². The lowest BCUT2D eigenvalue weighted by Crippen LogP contribution is -2.35. The summed E-state index contributed by atoms with van der Waals surface area (Å²) in [6.07, 6.45) is 0. The zero-order valence-corrected chi connectivity index (χ0v) is 15.6. The molecule has 1 saturated heterocycles. The van der Waals surface area contributed by atoms with E-state index in [-0.39, 0.29) is 11.8 Å². The molecule has 2 amide bonds. The molecule has 6 heteroatoms. The van der Waals surface area contributed by atoms with E-state index in [0.717, 1.165) is 44.0 Å². The largest absolute Gasteiger partial charge is 0.379 e. The first-order chi connectivity index (χ1) is 13.1. The molecule has 0 atom stereocenters. The van der Waals surface area contributed by atoms with E-state index in [4.69, 9.17) is 4.74 Å². The average molecular weight is 371 g/mol. The second-order valence-electron chi connectivity index (χ2n) is 6.82. The number of urea groups is 1. The Morgan fingerprint density at radius 2 is 1.59 bits per heavy atom. The number of ether oxygens (including phenoxy) is 1. The first-order valence-corrected chi connectivity index (χ1v) is 9.25. The number of nitrogens with one attached hydrogen (secondary N) is 2. The molecule has 0 spiro atoms. The molecule has 2 aromatic rings. The van der Waals surface area contributed by atoms with Gasteiger partial charge in [-0.15, -0.1) is 0 Å². The van der Waals surface area contributed by atoms with Crippen LogP contribution in [0.15, 0.2) is 42.5 Å². The van der Waals surface area contributed by atoms with Crippen molar-refractivity contribution in [1.29, 1.82) is 0 Å². The van der Waals surface area contributed by atoms with Gasteiger partial charge in [0.05, 0.1) is 13.2 Å². The molecule has 2 N–H and O–H groups in total. The van der Waals surface area contributed by atoms with E-state index >= 15 is 0 Å². The standard InChI is InChI=1S/C21H26FN3O2/c1-16-2-3-19(12-20(16)22)14-24-21(26)23-13-17-4-6-18(7-5-17)15-25-8-10-27-11-9-25/h2-7,12H,8-11,13-15H2,1H3,(H2,23,24,26). The van der Waals surface area contributed by atoms with E-state index in [9.17, 15) is 9.18 Å². The summed E-state index contributed by atoms with van der Waals surface area (Å²) in [5.74, 6) is -0.258.